The minimum Gasteiger partial charge on any atom is -0.496 e. The van der Waals surface area contributed by atoms with Gasteiger partial charge in [-0.2, -0.15) is 0 Å². The van der Waals surface area contributed by atoms with Crippen molar-refractivity contribution < 1.29 is 4.74 Å². The fraction of sp³-hybridized carbons (Fsp3) is 0.250. The van der Waals surface area contributed by atoms with Gasteiger partial charge in [0.2, 0.25) is 0 Å². The van der Waals surface area contributed by atoms with Gasteiger partial charge in [-0.1, -0.05) is 12.1 Å². The molecule has 0 amide bonds. The third kappa shape index (κ3) is 2.33. The first-order valence-electron chi connectivity index (χ1n) is 6.09. The van der Waals surface area contributed by atoms with Crippen molar-refractivity contribution in [3.8, 4) is 16.9 Å². The number of aryl methyl sites for hydroxylation is 2. The van der Waals surface area contributed by atoms with Crippen LogP contribution in [-0.2, 0) is 0 Å². The summed E-state index contributed by atoms with van der Waals surface area (Å²) in [7, 11) is 3.64. The van der Waals surface area contributed by atoms with Crippen molar-refractivity contribution in [3.63, 3.8) is 0 Å². The summed E-state index contributed by atoms with van der Waals surface area (Å²) in [5, 5.41) is 3.13. The topological polar surface area (TPSA) is 21.3 Å². The van der Waals surface area contributed by atoms with Crippen LogP contribution in [0.15, 0.2) is 36.4 Å². The number of hydrogen-bond donors (Lipinski definition) is 1. The monoisotopic (exact) mass is 241 g/mol. The lowest BCUT2D eigenvalue weighted by molar-refractivity contribution is 0.411. The van der Waals surface area contributed by atoms with Gasteiger partial charge in [-0.25, -0.2) is 0 Å². The van der Waals surface area contributed by atoms with Crippen LogP contribution in [-0.4, -0.2) is 14.2 Å². The molecule has 2 nitrogen and oxygen atoms in total. The normalized spacial score (nSPS) is 10.2. The average molecular weight is 241 g/mol. The highest BCUT2D eigenvalue weighted by Crippen LogP contribution is 2.30. The fourth-order valence-corrected chi connectivity index (χ4v) is 2.14. The number of methoxy groups -OCH3 is 1. The summed E-state index contributed by atoms with van der Waals surface area (Å²) in [4.78, 5) is 0. The zero-order valence-corrected chi connectivity index (χ0v) is 11.4. The predicted octanol–water partition coefficient (Wildman–Crippen LogP) is 4.02. The molecule has 2 aromatic carbocycles. The van der Waals surface area contributed by atoms with Gasteiger partial charge in [-0.3, -0.25) is 0 Å². The lowest BCUT2D eigenvalue weighted by Gasteiger charge is -2.12. The van der Waals surface area contributed by atoms with E-state index in [2.05, 4.69) is 55.6 Å². The Kier molecular flexibility index (Phi) is 3.56. The van der Waals surface area contributed by atoms with E-state index >= 15 is 0 Å². The highest BCUT2D eigenvalue weighted by Gasteiger charge is 2.06. The van der Waals surface area contributed by atoms with E-state index in [4.69, 9.17) is 4.74 Å². The van der Waals surface area contributed by atoms with Gasteiger partial charge in [0.25, 0.3) is 0 Å². The Morgan fingerprint density at radius 2 is 1.61 bits per heavy atom. The Balaban J connectivity index is 2.46. The molecule has 1 N–H and O–H groups in total. The molecule has 0 aliphatic carbocycles. The Bertz CT molecular complexity index is 544. The van der Waals surface area contributed by atoms with Crippen molar-refractivity contribution in [2.24, 2.45) is 0 Å². The van der Waals surface area contributed by atoms with Crippen LogP contribution >= 0.6 is 0 Å². The van der Waals surface area contributed by atoms with Crippen LogP contribution in [0.2, 0.25) is 0 Å². The van der Waals surface area contributed by atoms with Gasteiger partial charge in [0, 0.05) is 12.7 Å². The van der Waals surface area contributed by atoms with E-state index < -0.39 is 0 Å². The smallest absolute Gasteiger partial charge is 0.122 e. The van der Waals surface area contributed by atoms with Crippen LogP contribution in [0.4, 0.5) is 5.69 Å². The largest absolute Gasteiger partial charge is 0.496 e. The molecule has 0 saturated carbocycles. The first-order chi connectivity index (χ1) is 8.65. The first kappa shape index (κ1) is 12.5. The van der Waals surface area contributed by atoms with Crippen LogP contribution in [0.1, 0.15) is 11.1 Å². The van der Waals surface area contributed by atoms with Gasteiger partial charge in [-0.05, 0) is 60.4 Å². The molecule has 0 aliphatic heterocycles. The maximum Gasteiger partial charge on any atom is 0.122 e. The third-order valence-corrected chi connectivity index (χ3v) is 3.23. The van der Waals surface area contributed by atoms with Crippen LogP contribution in [0.25, 0.3) is 11.1 Å². The van der Waals surface area contributed by atoms with Crippen molar-refractivity contribution in [1.29, 1.82) is 0 Å². The summed E-state index contributed by atoms with van der Waals surface area (Å²) in [5.74, 6) is 0.947. The Morgan fingerprint density at radius 1 is 0.944 bits per heavy atom. The number of benzene rings is 2. The van der Waals surface area contributed by atoms with Crippen molar-refractivity contribution >= 4 is 5.69 Å². The molecule has 0 aliphatic rings. The molecule has 2 heteroatoms. The van der Waals surface area contributed by atoms with E-state index in [0.717, 1.165) is 17.0 Å². The molecule has 0 heterocycles. The van der Waals surface area contributed by atoms with Gasteiger partial charge in [0.15, 0.2) is 0 Å². The van der Waals surface area contributed by atoms with E-state index in [0.29, 0.717) is 0 Å². The molecule has 2 rings (SSSR count). The van der Waals surface area contributed by atoms with Crippen LogP contribution in [0.3, 0.4) is 0 Å². The number of nitrogens with one attached hydrogen (secondary N) is 1. The van der Waals surface area contributed by atoms with Gasteiger partial charge in [0.05, 0.1) is 7.11 Å². The van der Waals surface area contributed by atoms with Crippen molar-refractivity contribution in [2.75, 3.05) is 19.5 Å². The second-order valence-corrected chi connectivity index (χ2v) is 4.46. The third-order valence-electron chi connectivity index (χ3n) is 3.23. The van der Waals surface area contributed by atoms with Crippen molar-refractivity contribution in [2.45, 2.75) is 13.8 Å². The van der Waals surface area contributed by atoms with Gasteiger partial charge in [0.1, 0.15) is 5.75 Å². The Labute approximate surface area is 109 Å². The molecule has 18 heavy (non-hydrogen) atoms. The SMILES string of the molecule is CNc1ccc(-c2cc(C)c(OC)cc2C)cc1. The highest BCUT2D eigenvalue weighted by atomic mass is 16.5. The molecule has 0 bridgehead atoms. The minimum absolute atomic E-state index is 0.947. The molecule has 0 unspecified atom stereocenters. The molecule has 0 spiro atoms. The molecule has 0 saturated heterocycles. The summed E-state index contributed by atoms with van der Waals surface area (Å²) in [6.45, 7) is 4.19. The quantitative estimate of drug-likeness (QED) is 0.876. The number of hydrogen-bond acceptors (Lipinski definition) is 2. The summed E-state index contributed by atoms with van der Waals surface area (Å²) < 4.78 is 5.34. The Hall–Kier alpha value is -1.96. The molecular formula is C16H19NO. The van der Waals surface area contributed by atoms with Crippen LogP contribution in [0, 0.1) is 13.8 Å². The molecular weight excluding hydrogens is 222 g/mol. The highest BCUT2D eigenvalue weighted by molar-refractivity contribution is 5.71. The molecule has 2 aromatic rings. The number of rotatable bonds is 3. The zero-order valence-electron chi connectivity index (χ0n) is 11.4. The molecule has 94 valence electrons. The second-order valence-electron chi connectivity index (χ2n) is 4.46. The van der Waals surface area contributed by atoms with Gasteiger partial charge in [-0.15, -0.1) is 0 Å². The van der Waals surface area contributed by atoms with E-state index in [1.807, 2.05) is 7.05 Å². The van der Waals surface area contributed by atoms with Crippen LogP contribution in [0.5, 0.6) is 5.75 Å². The minimum atomic E-state index is 0.947. The lowest BCUT2D eigenvalue weighted by atomic mass is 9.97. The molecule has 0 fully saturated rings. The van der Waals surface area contributed by atoms with Gasteiger partial charge >= 0.3 is 0 Å². The number of ether oxygens (including phenoxy) is 1. The average Bonchev–Trinajstić information content (AvgIpc) is 2.41. The second kappa shape index (κ2) is 5.13. The van der Waals surface area contributed by atoms with E-state index in [1.54, 1.807) is 7.11 Å². The van der Waals surface area contributed by atoms with E-state index in [-0.39, 0.29) is 0 Å². The van der Waals surface area contributed by atoms with E-state index in [9.17, 15) is 0 Å². The Morgan fingerprint density at radius 3 is 2.17 bits per heavy atom. The standard InChI is InChI=1S/C16H19NO/c1-11-10-16(18-4)12(2)9-15(11)13-5-7-14(17-3)8-6-13/h5-10,17H,1-4H3. The fourth-order valence-electron chi connectivity index (χ4n) is 2.14. The van der Waals surface area contributed by atoms with Crippen molar-refractivity contribution in [3.05, 3.63) is 47.5 Å². The maximum atomic E-state index is 5.34. The number of anilines is 1. The summed E-state index contributed by atoms with van der Waals surface area (Å²) in [6.07, 6.45) is 0. The molecule has 0 aromatic heterocycles. The summed E-state index contributed by atoms with van der Waals surface area (Å²) in [6, 6.07) is 12.7. The first-order valence-corrected chi connectivity index (χ1v) is 6.09. The maximum absolute atomic E-state index is 5.34. The van der Waals surface area contributed by atoms with Crippen LogP contribution < -0.4 is 10.1 Å². The lowest BCUT2D eigenvalue weighted by Crippen LogP contribution is -1.92. The van der Waals surface area contributed by atoms with E-state index in [1.165, 1.54) is 16.7 Å². The van der Waals surface area contributed by atoms with Crippen molar-refractivity contribution in [1.82, 2.24) is 0 Å². The molecule has 0 atom stereocenters. The molecule has 0 radical (unpaired) electrons. The predicted molar refractivity (Wildman–Crippen MR) is 77.5 cm³/mol. The van der Waals surface area contributed by atoms with Gasteiger partial charge < -0.3 is 10.1 Å². The summed E-state index contributed by atoms with van der Waals surface area (Å²) in [5.41, 5.74) is 6.01. The summed E-state index contributed by atoms with van der Waals surface area (Å²) >= 11 is 0. The zero-order chi connectivity index (χ0) is 13.1.